The zero-order valence-electron chi connectivity index (χ0n) is 15.6. The number of fused-ring (bicyclic) bond motifs is 1. The molecule has 0 N–H and O–H groups in total. The maximum absolute atomic E-state index is 13.3. The summed E-state index contributed by atoms with van der Waals surface area (Å²) in [6.45, 7) is 0.468. The fourth-order valence-electron chi connectivity index (χ4n) is 3.89. The van der Waals surface area contributed by atoms with Crippen LogP contribution in [-0.4, -0.2) is 30.4 Å². The van der Waals surface area contributed by atoms with Crippen molar-refractivity contribution in [2.75, 3.05) is 13.7 Å². The van der Waals surface area contributed by atoms with Crippen molar-refractivity contribution in [3.8, 4) is 0 Å². The lowest BCUT2D eigenvalue weighted by Gasteiger charge is -2.40. The monoisotopic (exact) mass is 375 g/mol. The van der Waals surface area contributed by atoms with Gasteiger partial charge in [0.15, 0.2) is 0 Å². The first-order valence-electron chi connectivity index (χ1n) is 9.25. The average molecular weight is 375 g/mol. The number of carbonyl (C=O) groups excluding carboxylic acids is 2. The van der Waals surface area contributed by atoms with Crippen LogP contribution in [-0.2, 0) is 16.0 Å². The number of furan rings is 1. The second-order valence-corrected chi connectivity index (χ2v) is 6.78. The van der Waals surface area contributed by atoms with E-state index in [1.807, 2.05) is 48.5 Å². The van der Waals surface area contributed by atoms with Gasteiger partial charge >= 0.3 is 5.97 Å². The van der Waals surface area contributed by atoms with Crippen LogP contribution in [0.3, 0.4) is 0 Å². The fraction of sp³-hybridized carbons (Fsp3) is 0.217. The van der Waals surface area contributed by atoms with Gasteiger partial charge in [0.2, 0.25) is 0 Å². The number of nitrogens with zero attached hydrogens (tertiary/aromatic N) is 1. The van der Waals surface area contributed by atoms with Crippen molar-refractivity contribution >= 4 is 11.9 Å². The molecule has 2 aromatic carbocycles. The van der Waals surface area contributed by atoms with Crippen molar-refractivity contribution in [1.29, 1.82) is 0 Å². The Morgan fingerprint density at radius 1 is 1.04 bits per heavy atom. The highest BCUT2D eigenvalue weighted by molar-refractivity contribution is 6.00. The highest BCUT2D eigenvalue weighted by Crippen LogP contribution is 2.43. The van der Waals surface area contributed by atoms with Crippen LogP contribution in [0.1, 0.15) is 39.2 Å². The van der Waals surface area contributed by atoms with Crippen LogP contribution in [0.2, 0.25) is 0 Å². The number of methoxy groups -OCH3 is 1. The predicted molar refractivity (Wildman–Crippen MR) is 104 cm³/mol. The average Bonchev–Trinajstić information content (AvgIpc) is 3.27. The topological polar surface area (TPSA) is 59.8 Å². The number of carbonyl (C=O) groups is 2. The normalized spacial score (nSPS) is 18.6. The summed E-state index contributed by atoms with van der Waals surface area (Å²) in [7, 11) is 1.37. The Morgan fingerprint density at radius 3 is 2.50 bits per heavy atom. The molecule has 5 nitrogen and oxygen atoms in total. The van der Waals surface area contributed by atoms with E-state index in [4.69, 9.17) is 9.15 Å². The van der Waals surface area contributed by atoms with Gasteiger partial charge in [0, 0.05) is 12.1 Å². The van der Waals surface area contributed by atoms with Gasteiger partial charge in [-0.05, 0) is 35.7 Å². The molecule has 1 aliphatic heterocycles. The molecular formula is C23H21NO4. The van der Waals surface area contributed by atoms with Crippen molar-refractivity contribution in [2.45, 2.75) is 18.4 Å². The minimum Gasteiger partial charge on any atom is -0.468 e. The number of hydrogen-bond donors (Lipinski definition) is 0. The van der Waals surface area contributed by atoms with E-state index < -0.39 is 12.0 Å². The number of benzene rings is 2. The standard InChI is InChI=1S/C23H21NO4/c1-27-23(26)20-17-10-5-6-11-18(17)22(25)24(21(20)19-12-7-15-28-19)14-13-16-8-3-2-4-9-16/h2-12,15,20-21H,13-14H2,1H3/t20-,21-/m1/s1. The van der Waals surface area contributed by atoms with Crippen molar-refractivity contribution < 1.29 is 18.7 Å². The van der Waals surface area contributed by atoms with Gasteiger partial charge in [0.05, 0.1) is 13.4 Å². The van der Waals surface area contributed by atoms with E-state index >= 15 is 0 Å². The summed E-state index contributed by atoms with van der Waals surface area (Å²) in [4.78, 5) is 27.8. The molecule has 0 saturated heterocycles. The first kappa shape index (κ1) is 18.0. The summed E-state index contributed by atoms with van der Waals surface area (Å²) >= 11 is 0. The van der Waals surface area contributed by atoms with Crippen LogP contribution in [0, 0.1) is 0 Å². The highest BCUT2D eigenvalue weighted by atomic mass is 16.5. The van der Waals surface area contributed by atoms with Crippen LogP contribution in [0.4, 0.5) is 0 Å². The number of ether oxygens (including phenoxy) is 1. The zero-order chi connectivity index (χ0) is 19.5. The molecule has 1 amide bonds. The minimum atomic E-state index is -0.638. The number of hydrogen-bond acceptors (Lipinski definition) is 4. The van der Waals surface area contributed by atoms with Gasteiger partial charge in [-0.25, -0.2) is 0 Å². The molecule has 2 heterocycles. The summed E-state index contributed by atoms with van der Waals surface area (Å²) < 4.78 is 10.7. The van der Waals surface area contributed by atoms with E-state index in [-0.39, 0.29) is 11.9 Å². The third kappa shape index (κ3) is 3.20. The largest absolute Gasteiger partial charge is 0.468 e. The molecule has 0 bridgehead atoms. The SMILES string of the molecule is COC(=O)[C@@H]1c2ccccc2C(=O)N(CCc2ccccc2)[C@@H]1c1ccco1. The Balaban J connectivity index is 1.78. The van der Waals surface area contributed by atoms with Gasteiger partial charge in [0.1, 0.15) is 17.7 Å². The second kappa shape index (κ2) is 7.72. The molecular weight excluding hydrogens is 354 g/mol. The first-order chi connectivity index (χ1) is 13.7. The van der Waals surface area contributed by atoms with E-state index in [0.29, 0.717) is 29.9 Å². The van der Waals surface area contributed by atoms with Gasteiger partial charge in [-0.2, -0.15) is 0 Å². The molecule has 4 rings (SSSR count). The summed E-state index contributed by atoms with van der Waals surface area (Å²) in [6.07, 6.45) is 2.24. The quantitative estimate of drug-likeness (QED) is 0.633. The number of rotatable bonds is 5. The molecule has 1 aromatic heterocycles. The number of esters is 1. The van der Waals surface area contributed by atoms with E-state index in [2.05, 4.69) is 0 Å². The van der Waals surface area contributed by atoms with Crippen molar-refractivity contribution in [3.05, 3.63) is 95.4 Å². The third-order valence-corrected chi connectivity index (χ3v) is 5.21. The second-order valence-electron chi connectivity index (χ2n) is 6.78. The molecule has 1 aliphatic rings. The molecule has 28 heavy (non-hydrogen) atoms. The smallest absolute Gasteiger partial charge is 0.315 e. The summed E-state index contributed by atoms with van der Waals surface area (Å²) in [5.41, 5.74) is 2.34. The van der Waals surface area contributed by atoms with Crippen molar-refractivity contribution in [1.82, 2.24) is 4.90 Å². The van der Waals surface area contributed by atoms with Gasteiger partial charge in [-0.3, -0.25) is 9.59 Å². The maximum Gasteiger partial charge on any atom is 0.315 e. The summed E-state index contributed by atoms with van der Waals surface area (Å²) in [6, 6.07) is 20.2. The van der Waals surface area contributed by atoms with Gasteiger partial charge in [-0.15, -0.1) is 0 Å². The summed E-state index contributed by atoms with van der Waals surface area (Å²) in [5.74, 6) is -0.550. The van der Waals surface area contributed by atoms with E-state index in [0.717, 1.165) is 5.56 Å². The zero-order valence-corrected chi connectivity index (χ0v) is 15.6. The van der Waals surface area contributed by atoms with Gasteiger partial charge < -0.3 is 14.1 Å². The fourth-order valence-corrected chi connectivity index (χ4v) is 3.89. The van der Waals surface area contributed by atoms with Crippen LogP contribution in [0.5, 0.6) is 0 Å². The molecule has 0 fully saturated rings. The van der Waals surface area contributed by atoms with Gasteiger partial charge in [0.25, 0.3) is 5.91 Å². The van der Waals surface area contributed by atoms with E-state index in [9.17, 15) is 9.59 Å². The van der Waals surface area contributed by atoms with Gasteiger partial charge in [-0.1, -0.05) is 48.5 Å². The van der Waals surface area contributed by atoms with Crippen molar-refractivity contribution in [2.24, 2.45) is 0 Å². The molecule has 0 unspecified atom stereocenters. The van der Waals surface area contributed by atoms with Crippen molar-refractivity contribution in [3.63, 3.8) is 0 Å². The minimum absolute atomic E-state index is 0.104. The molecule has 142 valence electrons. The Labute approximate surface area is 163 Å². The maximum atomic E-state index is 13.3. The highest BCUT2D eigenvalue weighted by Gasteiger charge is 2.45. The molecule has 0 radical (unpaired) electrons. The lowest BCUT2D eigenvalue weighted by molar-refractivity contribution is -0.144. The first-order valence-corrected chi connectivity index (χ1v) is 9.25. The molecule has 0 saturated carbocycles. The summed E-state index contributed by atoms with van der Waals surface area (Å²) in [5, 5.41) is 0. The molecule has 0 spiro atoms. The lowest BCUT2D eigenvalue weighted by atomic mass is 9.81. The Kier molecular flexibility index (Phi) is 4.98. The number of amides is 1. The lowest BCUT2D eigenvalue weighted by Crippen LogP contribution is -2.45. The molecule has 3 aromatic rings. The molecule has 5 heteroatoms. The predicted octanol–water partition coefficient (Wildman–Crippen LogP) is 3.98. The van der Waals surface area contributed by atoms with E-state index in [1.165, 1.54) is 7.11 Å². The Morgan fingerprint density at radius 2 is 1.79 bits per heavy atom. The Hall–Kier alpha value is -3.34. The van der Waals surface area contributed by atoms with E-state index in [1.54, 1.807) is 29.4 Å². The molecule has 2 atom stereocenters. The van der Waals surface area contributed by atoms with Crippen LogP contribution in [0.15, 0.2) is 77.4 Å². The van der Waals surface area contributed by atoms with Crippen LogP contribution < -0.4 is 0 Å². The van der Waals surface area contributed by atoms with Crippen LogP contribution >= 0.6 is 0 Å². The van der Waals surface area contributed by atoms with Crippen LogP contribution in [0.25, 0.3) is 0 Å². The molecule has 0 aliphatic carbocycles. The third-order valence-electron chi connectivity index (χ3n) is 5.21. The Bertz CT molecular complexity index is 965.